The molecule has 1 aliphatic heterocycles. The predicted molar refractivity (Wildman–Crippen MR) is 327 cm³/mol. The van der Waals surface area contributed by atoms with Crippen molar-refractivity contribution in [2.45, 2.75) is 66.2 Å². The molecule has 31 heteroatoms. The quantitative estimate of drug-likeness (QED) is 0.0365. The van der Waals surface area contributed by atoms with Crippen LogP contribution in [-0.2, 0) is 109 Å². The van der Waals surface area contributed by atoms with Crippen LogP contribution in [0.3, 0.4) is 0 Å². The molecule has 0 aliphatic carbocycles. The first-order valence-corrected chi connectivity index (χ1v) is 29.8. The summed E-state index contributed by atoms with van der Waals surface area (Å²) in [4.78, 5) is 173. The van der Waals surface area contributed by atoms with Crippen molar-refractivity contribution in [3.8, 4) is 0 Å². The van der Waals surface area contributed by atoms with Gasteiger partial charge in [-0.2, -0.15) is 0 Å². The SMILES string of the molecule is CC(C)C(=O)OCc1ccc(NC(=O)CNC(=O)C(NC(=O)CCOCCOCCN2C(=O)C=CC2=O)C(C)C)cc1CN(C)C(=O)CCOCCOCCOCCOCCC(=O)N(C)CC(=O)N(C)CC(=O)N(C)CC(=O)N(C)CC(=O)N(C)CC(=O)N(C)C. The van der Waals surface area contributed by atoms with Crippen molar-refractivity contribution < 1.29 is 95.5 Å². The third-order valence-electron chi connectivity index (χ3n) is 13.6. The zero-order valence-electron chi connectivity index (χ0n) is 54.8. The Balaban J connectivity index is 1.66. The summed E-state index contributed by atoms with van der Waals surface area (Å²) in [5.74, 6) is -6.44. The molecule has 1 aromatic rings. The van der Waals surface area contributed by atoms with Gasteiger partial charge in [0.2, 0.25) is 59.1 Å². The number of anilines is 1. The number of imide groups is 1. The van der Waals surface area contributed by atoms with E-state index in [0.717, 1.165) is 19.6 Å². The van der Waals surface area contributed by atoms with Gasteiger partial charge in [-0.1, -0.05) is 33.8 Å². The van der Waals surface area contributed by atoms with Crippen molar-refractivity contribution in [3.05, 3.63) is 41.5 Å². The monoisotopic (exact) mass is 1290 g/mol. The second kappa shape index (κ2) is 42.9. The van der Waals surface area contributed by atoms with Crippen LogP contribution in [0, 0.1) is 11.8 Å². The maximum atomic E-state index is 13.2. The molecule has 1 atom stereocenters. The highest BCUT2D eigenvalue weighted by Crippen LogP contribution is 2.20. The number of carbonyl (C=O) groups is 13. The Bertz CT molecular complexity index is 2620. The average molecular weight is 1290 g/mol. The van der Waals surface area contributed by atoms with Crippen LogP contribution in [0.5, 0.6) is 0 Å². The van der Waals surface area contributed by atoms with Gasteiger partial charge in [-0.15, -0.1) is 0 Å². The summed E-state index contributed by atoms with van der Waals surface area (Å²) in [7, 11) is 11.8. The minimum atomic E-state index is -0.953. The maximum absolute atomic E-state index is 13.2. The lowest BCUT2D eigenvalue weighted by atomic mass is 10.0. The van der Waals surface area contributed by atoms with E-state index in [1.54, 1.807) is 67.0 Å². The van der Waals surface area contributed by atoms with Gasteiger partial charge in [0.25, 0.3) is 11.8 Å². The Morgan fingerprint density at radius 2 is 0.879 bits per heavy atom. The largest absolute Gasteiger partial charge is 0.461 e. The topological polar surface area (TPSA) is 349 Å². The van der Waals surface area contributed by atoms with Crippen LogP contribution in [0.15, 0.2) is 30.4 Å². The van der Waals surface area contributed by atoms with E-state index in [1.807, 2.05) is 0 Å². The minimum Gasteiger partial charge on any atom is -0.461 e. The second-order valence-electron chi connectivity index (χ2n) is 22.2. The minimum absolute atomic E-state index is 0.0106. The summed E-state index contributed by atoms with van der Waals surface area (Å²) < 4.78 is 38.5. The van der Waals surface area contributed by atoms with Crippen molar-refractivity contribution in [1.29, 1.82) is 0 Å². The average Bonchev–Trinajstić information content (AvgIpc) is 2.00. The highest BCUT2D eigenvalue weighted by molar-refractivity contribution is 6.12. The molecule has 1 aromatic carbocycles. The van der Waals surface area contributed by atoms with Gasteiger partial charge in [-0.25, -0.2) is 0 Å². The Kier molecular flexibility index (Phi) is 37.3. The number of amides is 12. The van der Waals surface area contributed by atoms with Crippen LogP contribution in [0.25, 0.3) is 0 Å². The first kappa shape index (κ1) is 79.1. The Morgan fingerprint density at radius 1 is 0.473 bits per heavy atom. The van der Waals surface area contributed by atoms with Gasteiger partial charge in [0.05, 0.1) is 144 Å². The lowest BCUT2D eigenvalue weighted by molar-refractivity contribution is -0.148. The molecule has 12 amide bonds. The molecule has 1 unspecified atom stereocenters. The summed E-state index contributed by atoms with van der Waals surface area (Å²) >= 11 is 0. The number of hydrogen-bond acceptors (Lipinski definition) is 20. The van der Waals surface area contributed by atoms with Crippen LogP contribution < -0.4 is 16.0 Å². The summed E-state index contributed by atoms with van der Waals surface area (Å²) in [6.07, 6.45) is 2.37. The zero-order chi connectivity index (χ0) is 68.2. The van der Waals surface area contributed by atoms with E-state index in [0.29, 0.717) is 16.8 Å². The first-order valence-electron chi connectivity index (χ1n) is 29.8. The highest BCUT2D eigenvalue weighted by Gasteiger charge is 2.27. The van der Waals surface area contributed by atoms with Gasteiger partial charge in [0.15, 0.2) is 0 Å². The molecular weight excluding hydrogens is 1190 g/mol. The first-order chi connectivity index (χ1) is 43.0. The molecule has 1 heterocycles. The molecule has 31 nitrogen and oxygen atoms in total. The van der Waals surface area contributed by atoms with E-state index in [2.05, 4.69) is 16.0 Å². The van der Waals surface area contributed by atoms with Gasteiger partial charge in [0, 0.05) is 87.2 Å². The number of esters is 1. The van der Waals surface area contributed by atoms with E-state index < -0.39 is 71.7 Å². The molecule has 0 spiro atoms. The number of hydrogen-bond donors (Lipinski definition) is 3. The van der Waals surface area contributed by atoms with Gasteiger partial charge in [-0.3, -0.25) is 67.2 Å². The lowest BCUT2D eigenvalue weighted by Crippen LogP contribution is -2.51. The van der Waals surface area contributed by atoms with E-state index >= 15 is 0 Å². The molecule has 0 saturated carbocycles. The number of rotatable bonds is 45. The smallest absolute Gasteiger partial charge is 0.308 e. The Labute approximate surface area is 532 Å². The number of benzene rings is 1. The molecule has 3 N–H and O–H groups in total. The van der Waals surface area contributed by atoms with Crippen LogP contribution in [0.1, 0.15) is 58.1 Å². The summed E-state index contributed by atoms with van der Waals surface area (Å²) in [5, 5.41) is 7.98. The lowest BCUT2D eigenvalue weighted by Gasteiger charge is -2.26. The number of nitrogens with one attached hydrogen (secondary N) is 3. The van der Waals surface area contributed by atoms with Gasteiger partial charge in [0.1, 0.15) is 12.6 Å². The van der Waals surface area contributed by atoms with E-state index in [4.69, 9.17) is 33.2 Å². The molecule has 91 heavy (non-hydrogen) atoms. The molecule has 0 bridgehead atoms. The van der Waals surface area contributed by atoms with Gasteiger partial charge >= 0.3 is 5.97 Å². The molecule has 1 aliphatic rings. The summed E-state index contributed by atoms with van der Waals surface area (Å²) in [6, 6.07) is 3.97. The second-order valence-corrected chi connectivity index (χ2v) is 22.2. The summed E-state index contributed by atoms with van der Waals surface area (Å²) in [6.45, 7) is 7.17. The van der Waals surface area contributed by atoms with Crippen molar-refractivity contribution in [1.82, 2.24) is 49.8 Å². The van der Waals surface area contributed by atoms with Crippen LogP contribution in [-0.4, -0.2) is 304 Å². The van der Waals surface area contributed by atoms with E-state index in [-0.39, 0.29) is 181 Å². The van der Waals surface area contributed by atoms with Crippen LogP contribution >= 0.6 is 0 Å². The van der Waals surface area contributed by atoms with Crippen molar-refractivity contribution in [2.24, 2.45) is 11.8 Å². The van der Waals surface area contributed by atoms with Gasteiger partial charge in [-0.05, 0) is 29.2 Å². The van der Waals surface area contributed by atoms with Crippen LogP contribution in [0.2, 0.25) is 0 Å². The van der Waals surface area contributed by atoms with E-state index in [1.165, 1.54) is 67.0 Å². The molecule has 0 aromatic heterocycles. The fourth-order valence-electron chi connectivity index (χ4n) is 7.75. The predicted octanol–water partition coefficient (Wildman–Crippen LogP) is -1.89. The van der Waals surface area contributed by atoms with E-state index in [9.17, 15) is 62.3 Å². The molecular formula is C60H95N11O20. The zero-order valence-corrected chi connectivity index (χ0v) is 54.8. The van der Waals surface area contributed by atoms with Crippen LogP contribution in [0.4, 0.5) is 5.69 Å². The Morgan fingerprint density at radius 3 is 1.32 bits per heavy atom. The number of likely N-dealkylation sites (N-methyl/N-ethyl adjacent to an activating group) is 6. The van der Waals surface area contributed by atoms with Gasteiger partial charge < -0.3 is 83.4 Å². The third-order valence-corrected chi connectivity index (χ3v) is 13.6. The van der Waals surface area contributed by atoms with Crippen molar-refractivity contribution >= 4 is 82.5 Å². The third kappa shape index (κ3) is 32.1. The normalized spacial score (nSPS) is 12.1. The summed E-state index contributed by atoms with van der Waals surface area (Å²) in [5.41, 5.74) is 1.54. The van der Waals surface area contributed by atoms with Crippen molar-refractivity contribution in [2.75, 3.05) is 187 Å². The highest BCUT2D eigenvalue weighted by atomic mass is 16.6. The number of nitrogens with zero attached hydrogens (tertiary/aromatic N) is 8. The molecule has 510 valence electrons. The fraction of sp³-hybridized carbons (Fsp3) is 0.650. The number of ether oxygens (including phenoxy) is 7. The van der Waals surface area contributed by atoms with Crippen molar-refractivity contribution in [3.63, 3.8) is 0 Å². The molecule has 0 radical (unpaired) electrons. The molecule has 2 rings (SSSR count). The standard InChI is InChI=1S/C60H95N11O20/c1-42(2)58(63-47(72)17-21-85-25-28-88-24-20-71-51(76)15-16-52(71)77)59(83)61-34-48(73)62-46-14-13-44(41-91-60(84)43(3)4)45(33-46)35-65(7)49(74)18-22-86-26-29-89-31-32-90-30-27-87-23-19-50(75)66(8)37-54(79)68(10)39-56(81)70(12)40-57(82)69(11)38-55(80)67(9)36-53(78)64(5)6/h13-16,33,42-43,58H,17-32,34-41H2,1-12H3,(H,61,83)(H,62,73)(H,63,72). The molecule has 0 fully saturated rings. The number of carbonyl (C=O) groups excluding carboxylic acids is 13. The molecule has 0 saturated heterocycles. The maximum Gasteiger partial charge on any atom is 0.308 e. The Hall–Kier alpha value is -7.97. The fourth-order valence-corrected chi connectivity index (χ4v) is 7.75.